The average Bonchev–Trinajstić information content (AvgIpc) is 3.52. The Kier molecular flexibility index (Phi) is 5.95. The zero-order chi connectivity index (χ0) is 32.7. The highest BCUT2D eigenvalue weighted by Gasteiger charge is 2.36. The third-order valence-corrected chi connectivity index (χ3v) is 10.7. The second kappa shape index (κ2) is 10.4. The fourth-order valence-electron chi connectivity index (χ4n) is 8.33. The van der Waals surface area contributed by atoms with Crippen LogP contribution < -0.4 is 4.90 Å². The summed E-state index contributed by atoms with van der Waals surface area (Å²) in [4.78, 5) is 2.45. The van der Waals surface area contributed by atoms with Crippen LogP contribution in [0.5, 0.6) is 0 Å². The number of aromatic nitrogens is 1. The van der Waals surface area contributed by atoms with Gasteiger partial charge in [-0.2, -0.15) is 0 Å². The highest BCUT2D eigenvalue weighted by molar-refractivity contribution is 6.10. The molecule has 0 radical (unpaired) electrons. The summed E-state index contributed by atoms with van der Waals surface area (Å²) < 4.78 is 2.37. The van der Waals surface area contributed by atoms with Gasteiger partial charge >= 0.3 is 0 Å². The second-order valence-electron chi connectivity index (χ2n) is 13.8. The molecule has 0 N–H and O–H groups in total. The zero-order valence-electron chi connectivity index (χ0n) is 27.6. The molecule has 2 aliphatic rings. The molecule has 2 nitrogen and oxygen atoms in total. The average molecular weight is 627 g/mol. The highest BCUT2D eigenvalue weighted by Crippen LogP contribution is 2.51. The fraction of sp³-hybridized carbons (Fsp3) is 0.0638. The summed E-state index contributed by atoms with van der Waals surface area (Å²) in [5, 5.41) is 2.53. The van der Waals surface area contributed by atoms with Crippen molar-refractivity contribution in [3.63, 3.8) is 0 Å². The van der Waals surface area contributed by atoms with Crippen LogP contribution in [-0.2, 0) is 5.41 Å². The second-order valence-corrected chi connectivity index (χ2v) is 13.8. The van der Waals surface area contributed by atoms with Gasteiger partial charge in [0.1, 0.15) is 0 Å². The number of rotatable bonds is 3. The Hall–Kier alpha value is -6.12. The quantitative estimate of drug-likeness (QED) is 0.189. The molecule has 0 amide bonds. The summed E-state index contributed by atoms with van der Waals surface area (Å²) in [6.07, 6.45) is 4.55. The van der Waals surface area contributed by atoms with Gasteiger partial charge in [0.05, 0.1) is 22.4 Å². The van der Waals surface area contributed by atoms with Crippen LogP contribution >= 0.6 is 0 Å². The molecule has 0 bridgehead atoms. The maximum Gasteiger partial charge on any atom is 0.0541 e. The smallest absolute Gasteiger partial charge is 0.0541 e. The van der Waals surface area contributed by atoms with E-state index in [1.807, 2.05) is 0 Å². The van der Waals surface area contributed by atoms with Gasteiger partial charge in [0.2, 0.25) is 0 Å². The van der Waals surface area contributed by atoms with Crippen molar-refractivity contribution in [2.45, 2.75) is 19.3 Å². The molecule has 0 fully saturated rings. The van der Waals surface area contributed by atoms with E-state index in [-0.39, 0.29) is 5.41 Å². The first-order chi connectivity index (χ1) is 24.1. The predicted octanol–water partition coefficient (Wildman–Crippen LogP) is 12.7. The number of hydrogen-bond acceptors (Lipinski definition) is 1. The Balaban J connectivity index is 1.12. The molecule has 1 aromatic heterocycles. The van der Waals surface area contributed by atoms with Gasteiger partial charge in [0.15, 0.2) is 0 Å². The molecule has 2 heterocycles. The number of fused-ring (bicyclic) bond motifs is 8. The Morgan fingerprint density at radius 2 is 1.10 bits per heavy atom. The minimum atomic E-state index is -0.0689. The Bertz CT molecular complexity index is 2640. The maximum atomic E-state index is 2.45. The van der Waals surface area contributed by atoms with Crippen LogP contribution in [0.25, 0.3) is 61.9 Å². The van der Waals surface area contributed by atoms with Crippen molar-refractivity contribution in [1.82, 2.24) is 4.57 Å². The molecule has 232 valence electrons. The van der Waals surface area contributed by atoms with Crippen LogP contribution in [0.2, 0.25) is 0 Å². The largest absolute Gasteiger partial charge is 0.309 e. The number of para-hydroxylation sites is 3. The van der Waals surface area contributed by atoms with Gasteiger partial charge in [0, 0.05) is 27.6 Å². The first-order valence-electron chi connectivity index (χ1n) is 17.1. The summed E-state index contributed by atoms with van der Waals surface area (Å²) in [6.45, 7) is 4.71. The van der Waals surface area contributed by atoms with Crippen LogP contribution in [0, 0.1) is 0 Å². The van der Waals surface area contributed by atoms with Gasteiger partial charge in [-0.05, 0) is 105 Å². The molecule has 7 aromatic carbocycles. The van der Waals surface area contributed by atoms with Crippen LogP contribution in [0.3, 0.4) is 0 Å². The zero-order valence-corrected chi connectivity index (χ0v) is 27.6. The SMILES string of the molecule is CC1(C)c2ccccc2-c2ccc(N3c4ccccc4C=Cc4cc(-c5ccc6c(c5)c5ccccc5n6-c5ccccc5)ccc43)cc21. The van der Waals surface area contributed by atoms with Crippen molar-refractivity contribution in [3.05, 3.63) is 180 Å². The van der Waals surface area contributed by atoms with Crippen molar-refractivity contribution in [2.24, 2.45) is 0 Å². The van der Waals surface area contributed by atoms with Crippen LogP contribution in [0.1, 0.15) is 36.1 Å². The van der Waals surface area contributed by atoms with Crippen molar-refractivity contribution in [3.8, 4) is 27.9 Å². The predicted molar refractivity (Wildman–Crippen MR) is 207 cm³/mol. The van der Waals surface area contributed by atoms with E-state index < -0.39 is 0 Å². The molecular formula is C47H34N2. The van der Waals surface area contributed by atoms with Crippen LogP contribution in [0.15, 0.2) is 158 Å². The lowest BCUT2D eigenvalue weighted by Crippen LogP contribution is -2.17. The topological polar surface area (TPSA) is 8.17 Å². The number of benzene rings is 7. The highest BCUT2D eigenvalue weighted by atomic mass is 15.1. The Morgan fingerprint density at radius 1 is 0.429 bits per heavy atom. The summed E-state index contributed by atoms with van der Waals surface area (Å²) in [6, 6.07) is 57.9. The monoisotopic (exact) mass is 626 g/mol. The number of anilines is 3. The van der Waals surface area contributed by atoms with E-state index in [2.05, 4.69) is 193 Å². The van der Waals surface area contributed by atoms with E-state index in [0.29, 0.717) is 0 Å². The van der Waals surface area contributed by atoms with E-state index in [1.165, 1.54) is 89.1 Å². The van der Waals surface area contributed by atoms with Crippen molar-refractivity contribution in [1.29, 1.82) is 0 Å². The number of hydrogen-bond donors (Lipinski definition) is 0. The van der Waals surface area contributed by atoms with Crippen LogP contribution in [-0.4, -0.2) is 4.57 Å². The standard InChI is InChI=1S/C47H34N2/c1-47(2)41-17-9-7-15-37(41)38-25-24-36(30-42(38)47)49-43-18-10-6-12-31(43)20-21-34-28-32(22-26-44(34)49)33-23-27-46-40(29-33)39-16-8-11-19-45(39)48(46)35-13-4-3-5-14-35/h3-30H,1-2H3. The molecular weight excluding hydrogens is 593 g/mol. The molecule has 1 aliphatic carbocycles. The van der Waals surface area contributed by atoms with Gasteiger partial charge in [-0.1, -0.05) is 123 Å². The molecule has 0 saturated carbocycles. The van der Waals surface area contributed by atoms with Gasteiger partial charge in [0.25, 0.3) is 0 Å². The summed E-state index contributed by atoms with van der Waals surface area (Å²) in [5.41, 5.74) is 17.4. The Labute approximate surface area is 286 Å². The summed E-state index contributed by atoms with van der Waals surface area (Å²) in [7, 11) is 0. The first kappa shape index (κ1) is 27.9. The Morgan fingerprint density at radius 3 is 2.02 bits per heavy atom. The number of nitrogens with zero attached hydrogens (tertiary/aromatic N) is 2. The van der Waals surface area contributed by atoms with Gasteiger partial charge in [-0.25, -0.2) is 0 Å². The van der Waals surface area contributed by atoms with Gasteiger partial charge in [-0.3, -0.25) is 0 Å². The van der Waals surface area contributed by atoms with Crippen molar-refractivity contribution < 1.29 is 0 Å². The van der Waals surface area contributed by atoms with E-state index in [9.17, 15) is 0 Å². The molecule has 0 saturated heterocycles. The lowest BCUT2D eigenvalue weighted by molar-refractivity contribution is 0.660. The van der Waals surface area contributed by atoms with Crippen LogP contribution in [0.4, 0.5) is 17.1 Å². The summed E-state index contributed by atoms with van der Waals surface area (Å²) in [5.74, 6) is 0. The normalized spacial score (nSPS) is 14.0. The van der Waals surface area contributed by atoms with E-state index >= 15 is 0 Å². The van der Waals surface area contributed by atoms with Gasteiger partial charge < -0.3 is 9.47 Å². The minimum absolute atomic E-state index is 0.0689. The summed E-state index contributed by atoms with van der Waals surface area (Å²) >= 11 is 0. The lowest BCUT2D eigenvalue weighted by Gasteiger charge is -2.29. The third kappa shape index (κ3) is 4.14. The van der Waals surface area contributed by atoms with Crippen molar-refractivity contribution in [2.75, 3.05) is 4.90 Å². The minimum Gasteiger partial charge on any atom is -0.309 e. The molecule has 0 spiro atoms. The maximum absolute atomic E-state index is 2.45. The first-order valence-corrected chi connectivity index (χ1v) is 17.1. The van der Waals surface area contributed by atoms with Crippen molar-refractivity contribution >= 4 is 51.0 Å². The molecule has 0 unspecified atom stereocenters. The van der Waals surface area contributed by atoms with E-state index in [4.69, 9.17) is 0 Å². The lowest BCUT2D eigenvalue weighted by atomic mass is 9.82. The van der Waals surface area contributed by atoms with Gasteiger partial charge in [-0.15, -0.1) is 0 Å². The molecule has 8 aromatic rings. The van der Waals surface area contributed by atoms with E-state index in [1.54, 1.807) is 0 Å². The molecule has 1 aliphatic heterocycles. The fourth-order valence-corrected chi connectivity index (χ4v) is 8.33. The molecule has 0 atom stereocenters. The third-order valence-electron chi connectivity index (χ3n) is 10.7. The molecule has 2 heteroatoms. The molecule has 49 heavy (non-hydrogen) atoms. The molecule has 10 rings (SSSR count). The van der Waals surface area contributed by atoms with E-state index in [0.717, 1.165) is 0 Å².